The second-order valence-electron chi connectivity index (χ2n) is 5.08. The third-order valence-electron chi connectivity index (χ3n) is 3.34. The van der Waals surface area contributed by atoms with Crippen molar-refractivity contribution in [3.05, 3.63) is 11.8 Å². The number of anilines is 1. The van der Waals surface area contributed by atoms with Crippen LogP contribution < -0.4 is 11.1 Å². The number of aryl methyl sites for hydroxylation is 1. The predicted molar refractivity (Wildman–Crippen MR) is 66.6 cm³/mol. The van der Waals surface area contributed by atoms with Crippen LogP contribution in [0.5, 0.6) is 0 Å². The molecule has 1 heterocycles. The number of aromatic amines is 1. The number of amides is 1. The average Bonchev–Trinajstić information content (AvgIpc) is 2.63. The van der Waals surface area contributed by atoms with Crippen LogP contribution >= 0.6 is 0 Å². The summed E-state index contributed by atoms with van der Waals surface area (Å²) in [5.41, 5.74) is 6.85. The summed E-state index contributed by atoms with van der Waals surface area (Å²) in [5, 5.41) is 9.54. The SMILES string of the molecule is Cc1cc(NC(=O)CC2(N)CCCCC2)n[nH]1. The van der Waals surface area contributed by atoms with E-state index in [0.717, 1.165) is 31.4 Å². The second kappa shape index (κ2) is 4.87. The topological polar surface area (TPSA) is 83.8 Å². The zero-order valence-corrected chi connectivity index (χ0v) is 10.3. The van der Waals surface area contributed by atoms with E-state index in [9.17, 15) is 4.79 Å². The van der Waals surface area contributed by atoms with Gasteiger partial charge in [-0.05, 0) is 19.8 Å². The average molecular weight is 236 g/mol. The van der Waals surface area contributed by atoms with Gasteiger partial charge in [-0.25, -0.2) is 0 Å². The maximum atomic E-state index is 11.9. The largest absolute Gasteiger partial charge is 0.325 e. The number of hydrogen-bond donors (Lipinski definition) is 3. The van der Waals surface area contributed by atoms with E-state index in [4.69, 9.17) is 5.73 Å². The number of carbonyl (C=O) groups is 1. The Bertz CT molecular complexity index is 393. The summed E-state index contributed by atoms with van der Waals surface area (Å²) in [7, 11) is 0. The standard InChI is InChI=1S/C12H20N4O/c1-9-7-10(16-15-9)14-11(17)8-12(13)5-3-2-4-6-12/h7H,2-6,8,13H2,1H3,(H2,14,15,16,17). The molecule has 17 heavy (non-hydrogen) atoms. The highest BCUT2D eigenvalue weighted by atomic mass is 16.1. The van der Waals surface area contributed by atoms with E-state index in [1.54, 1.807) is 0 Å². The number of nitrogens with two attached hydrogens (primary N) is 1. The van der Waals surface area contributed by atoms with E-state index in [1.165, 1.54) is 6.42 Å². The maximum Gasteiger partial charge on any atom is 0.227 e. The Labute approximate surface area is 101 Å². The van der Waals surface area contributed by atoms with Crippen molar-refractivity contribution in [2.45, 2.75) is 51.0 Å². The Balaban J connectivity index is 1.88. The van der Waals surface area contributed by atoms with Crippen molar-refractivity contribution in [2.75, 3.05) is 5.32 Å². The second-order valence-corrected chi connectivity index (χ2v) is 5.08. The van der Waals surface area contributed by atoms with E-state index in [-0.39, 0.29) is 11.4 Å². The molecule has 1 saturated carbocycles. The molecule has 1 aromatic heterocycles. The highest BCUT2D eigenvalue weighted by molar-refractivity contribution is 5.90. The Morgan fingerprint density at radius 2 is 2.24 bits per heavy atom. The monoisotopic (exact) mass is 236 g/mol. The molecule has 94 valence electrons. The van der Waals surface area contributed by atoms with Crippen molar-refractivity contribution in [3.8, 4) is 0 Å². The zero-order chi connectivity index (χ0) is 12.3. The molecule has 0 aliphatic heterocycles. The van der Waals surface area contributed by atoms with Gasteiger partial charge in [0.1, 0.15) is 0 Å². The summed E-state index contributed by atoms with van der Waals surface area (Å²) in [6, 6.07) is 1.81. The lowest BCUT2D eigenvalue weighted by molar-refractivity contribution is -0.117. The molecule has 5 nitrogen and oxygen atoms in total. The summed E-state index contributed by atoms with van der Waals surface area (Å²) >= 11 is 0. The molecule has 0 bridgehead atoms. The van der Waals surface area contributed by atoms with Crippen molar-refractivity contribution in [3.63, 3.8) is 0 Å². The molecule has 0 aromatic carbocycles. The maximum absolute atomic E-state index is 11.9. The molecule has 5 heteroatoms. The molecule has 0 saturated heterocycles. The predicted octanol–water partition coefficient (Wildman–Crippen LogP) is 1.71. The normalized spacial score (nSPS) is 18.9. The number of carbonyl (C=O) groups excluding carboxylic acids is 1. The molecule has 1 aliphatic rings. The zero-order valence-electron chi connectivity index (χ0n) is 10.3. The molecule has 4 N–H and O–H groups in total. The summed E-state index contributed by atoms with van der Waals surface area (Å²) in [6.45, 7) is 1.90. The van der Waals surface area contributed by atoms with Crippen LogP contribution in [-0.4, -0.2) is 21.6 Å². The van der Waals surface area contributed by atoms with Crippen LogP contribution in [0.1, 0.15) is 44.2 Å². The van der Waals surface area contributed by atoms with E-state index in [2.05, 4.69) is 15.5 Å². The number of rotatable bonds is 3. The van der Waals surface area contributed by atoms with Crippen LogP contribution in [0.2, 0.25) is 0 Å². The molecule has 0 atom stereocenters. The van der Waals surface area contributed by atoms with Crippen LogP contribution in [0.4, 0.5) is 5.82 Å². The first-order valence-electron chi connectivity index (χ1n) is 6.18. The molecule has 1 amide bonds. The van der Waals surface area contributed by atoms with Crippen LogP contribution in [0.15, 0.2) is 6.07 Å². The van der Waals surface area contributed by atoms with E-state index in [1.807, 2.05) is 13.0 Å². The lowest BCUT2D eigenvalue weighted by Crippen LogP contribution is -2.44. The fourth-order valence-corrected chi connectivity index (χ4v) is 2.42. The molecule has 0 unspecified atom stereocenters. The van der Waals surface area contributed by atoms with E-state index in [0.29, 0.717) is 12.2 Å². The van der Waals surface area contributed by atoms with E-state index >= 15 is 0 Å². The molecule has 0 spiro atoms. The quantitative estimate of drug-likeness (QED) is 0.747. The number of hydrogen-bond acceptors (Lipinski definition) is 3. The van der Waals surface area contributed by atoms with Gasteiger partial charge < -0.3 is 11.1 Å². The molecule has 1 aromatic rings. The number of H-pyrrole nitrogens is 1. The van der Waals surface area contributed by atoms with Crippen molar-refractivity contribution in [2.24, 2.45) is 5.73 Å². The molecule has 1 fully saturated rings. The minimum Gasteiger partial charge on any atom is -0.325 e. The van der Waals surface area contributed by atoms with Crippen LogP contribution in [-0.2, 0) is 4.79 Å². The Morgan fingerprint density at radius 3 is 2.82 bits per heavy atom. The Morgan fingerprint density at radius 1 is 1.53 bits per heavy atom. The lowest BCUT2D eigenvalue weighted by atomic mass is 9.80. The van der Waals surface area contributed by atoms with Crippen LogP contribution in [0, 0.1) is 6.92 Å². The third-order valence-corrected chi connectivity index (χ3v) is 3.34. The van der Waals surface area contributed by atoms with Crippen molar-refractivity contribution in [1.82, 2.24) is 10.2 Å². The smallest absolute Gasteiger partial charge is 0.227 e. The summed E-state index contributed by atoms with van der Waals surface area (Å²) in [6.07, 6.45) is 5.77. The van der Waals surface area contributed by atoms with Crippen molar-refractivity contribution >= 4 is 11.7 Å². The van der Waals surface area contributed by atoms with Gasteiger partial charge in [0.05, 0.1) is 0 Å². The highest BCUT2D eigenvalue weighted by Crippen LogP contribution is 2.28. The van der Waals surface area contributed by atoms with Gasteiger partial charge in [0.25, 0.3) is 0 Å². The van der Waals surface area contributed by atoms with Gasteiger partial charge in [0.15, 0.2) is 5.82 Å². The minimum atomic E-state index is -0.312. The first-order chi connectivity index (χ1) is 8.07. The molecular formula is C12H20N4O. The number of nitrogens with zero attached hydrogens (tertiary/aromatic N) is 1. The number of nitrogens with one attached hydrogen (secondary N) is 2. The lowest BCUT2D eigenvalue weighted by Gasteiger charge is -2.32. The van der Waals surface area contributed by atoms with Crippen LogP contribution in [0.3, 0.4) is 0 Å². The third kappa shape index (κ3) is 3.30. The summed E-state index contributed by atoms with van der Waals surface area (Å²) in [4.78, 5) is 11.9. The molecular weight excluding hydrogens is 216 g/mol. The van der Waals surface area contributed by atoms with Gasteiger partial charge in [-0.1, -0.05) is 19.3 Å². The van der Waals surface area contributed by atoms with Crippen molar-refractivity contribution in [1.29, 1.82) is 0 Å². The molecule has 2 rings (SSSR count). The fourth-order valence-electron chi connectivity index (χ4n) is 2.42. The first-order valence-corrected chi connectivity index (χ1v) is 6.18. The van der Waals surface area contributed by atoms with Crippen molar-refractivity contribution < 1.29 is 4.79 Å². The first kappa shape index (κ1) is 12.1. The molecule has 1 aliphatic carbocycles. The van der Waals surface area contributed by atoms with E-state index < -0.39 is 0 Å². The van der Waals surface area contributed by atoms with Gasteiger partial charge in [-0.15, -0.1) is 0 Å². The number of aromatic nitrogens is 2. The highest BCUT2D eigenvalue weighted by Gasteiger charge is 2.30. The fraction of sp³-hybridized carbons (Fsp3) is 0.667. The Hall–Kier alpha value is -1.36. The Kier molecular flexibility index (Phi) is 3.47. The minimum absolute atomic E-state index is 0.0408. The van der Waals surface area contributed by atoms with Gasteiger partial charge >= 0.3 is 0 Å². The van der Waals surface area contributed by atoms with Gasteiger partial charge in [0.2, 0.25) is 5.91 Å². The van der Waals surface area contributed by atoms with Gasteiger partial charge in [-0.2, -0.15) is 5.10 Å². The van der Waals surface area contributed by atoms with Crippen LogP contribution in [0.25, 0.3) is 0 Å². The molecule has 0 radical (unpaired) electrons. The van der Waals surface area contributed by atoms with Gasteiger partial charge in [-0.3, -0.25) is 9.89 Å². The summed E-state index contributed by atoms with van der Waals surface area (Å²) < 4.78 is 0. The summed E-state index contributed by atoms with van der Waals surface area (Å²) in [5.74, 6) is 0.535. The van der Waals surface area contributed by atoms with Gasteiger partial charge in [0, 0.05) is 23.7 Å².